The number of aryl methyl sites for hydroxylation is 1. The van der Waals surface area contributed by atoms with E-state index in [0.717, 1.165) is 54.8 Å². The van der Waals surface area contributed by atoms with Crippen molar-refractivity contribution in [2.75, 3.05) is 26.2 Å². The standard InChI is InChI=1S/C31H35NO3/c1-4-23-13-18-28-27(21-23)30(29(35-28)22-24-11-8-7-9-12-24)31(33)25-14-16-26(17-15-25)34-20-10-19-32(5-2)6-3/h7-9,11-18,21H,4-6,10,19-20,22H2,1-3H3. The third kappa shape index (κ3) is 6.01. The fourth-order valence-corrected chi connectivity index (χ4v) is 4.43. The minimum atomic E-state index is -0.0176. The zero-order chi connectivity index (χ0) is 24.6. The van der Waals surface area contributed by atoms with Gasteiger partial charge in [0.15, 0.2) is 5.78 Å². The van der Waals surface area contributed by atoms with Crippen LogP contribution in [0.1, 0.15) is 60.0 Å². The van der Waals surface area contributed by atoms with Gasteiger partial charge in [0.2, 0.25) is 0 Å². The zero-order valence-corrected chi connectivity index (χ0v) is 21.0. The lowest BCUT2D eigenvalue weighted by atomic mass is 9.96. The fourth-order valence-electron chi connectivity index (χ4n) is 4.43. The number of nitrogens with zero attached hydrogens (tertiary/aromatic N) is 1. The molecule has 1 aromatic heterocycles. The van der Waals surface area contributed by atoms with Gasteiger partial charge in [-0.2, -0.15) is 0 Å². The van der Waals surface area contributed by atoms with Gasteiger partial charge in [0.05, 0.1) is 12.2 Å². The normalized spacial score (nSPS) is 11.3. The second-order valence-electron chi connectivity index (χ2n) is 8.83. The fraction of sp³-hybridized carbons (Fsp3) is 0.323. The van der Waals surface area contributed by atoms with Gasteiger partial charge in [-0.15, -0.1) is 0 Å². The predicted octanol–water partition coefficient (Wildman–Crippen LogP) is 6.93. The van der Waals surface area contributed by atoms with Gasteiger partial charge in [0.25, 0.3) is 0 Å². The van der Waals surface area contributed by atoms with Crippen molar-refractivity contribution in [1.29, 1.82) is 0 Å². The monoisotopic (exact) mass is 469 g/mol. The Bertz CT molecular complexity index is 1240. The molecule has 0 saturated carbocycles. The van der Waals surface area contributed by atoms with Crippen LogP contribution in [0.2, 0.25) is 0 Å². The molecule has 0 aliphatic heterocycles. The lowest BCUT2D eigenvalue weighted by molar-refractivity contribution is 0.103. The predicted molar refractivity (Wildman–Crippen MR) is 143 cm³/mol. The van der Waals surface area contributed by atoms with E-state index in [4.69, 9.17) is 9.15 Å². The summed E-state index contributed by atoms with van der Waals surface area (Å²) in [5, 5.41) is 0.886. The summed E-state index contributed by atoms with van der Waals surface area (Å²) in [6.45, 7) is 10.3. The Kier molecular flexibility index (Phi) is 8.38. The van der Waals surface area contributed by atoms with Crippen molar-refractivity contribution in [1.82, 2.24) is 4.90 Å². The number of carbonyl (C=O) groups is 1. The van der Waals surface area contributed by atoms with E-state index < -0.39 is 0 Å². The topological polar surface area (TPSA) is 42.7 Å². The highest BCUT2D eigenvalue weighted by Gasteiger charge is 2.22. The van der Waals surface area contributed by atoms with E-state index in [1.165, 1.54) is 5.56 Å². The molecule has 182 valence electrons. The molecule has 0 unspecified atom stereocenters. The van der Waals surface area contributed by atoms with Gasteiger partial charge in [-0.05, 0) is 73.5 Å². The Balaban J connectivity index is 1.56. The summed E-state index contributed by atoms with van der Waals surface area (Å²) in [6.07, 6.45) is 2.46. The molecule has 0 bridgehead atoms. The Hall–Kier alpha value is -3.37. The van der Waals surface area contributed by atoms with Crippen LogP contribution in [0.4, 0.5) is 0 Å². The third-order valence-corrected chi connectivity index (χ3v) is 6.57. The lowest BCUT2D eigenvalue weighted by Crippen LogP contribution is -2.25. The smallest absolute Gasteiger partial charge is 0.197 e. The molecule has 0 saturated heterocycles. The lowest BCUT2D eigenvalue weighted by Gasteiger charge is -2.17. The van der Waals surface area contributed by atoms with Crippen LogP contribution < -0.4 is 4.74 Å². The molecule has 0 fully saturated rings. The first-order valence-electron chi connectivity index (χ1n) is 12.7. The summed E-state index contributed by atoms with van der Waals surface area (Å²) in [6, 6.07) is 23.8. The Morgan fingerprint density at radius 2 is 1.63 bits per heavy atom. The first-order valence-corrected chi connectivity index (χ1v) is 12.7. The number of furan rings is 1. The minimum absolute atomic E-state index is 0.0176. The van der Waals surface area contributed by atoms with Gasteiger partial charge in [0, 0.05) is 23.9 Å². The van der Waals surface area contributed by atoms with Crippen LogP contribution in [-0.4, -0.2) is 36.9 Å². The molecule has 4 aromatic rings. The maximum Gasteiger partial charge on any atom is 0.197 e. The maximum atomic E-state index is 13.7. The van der Waals surface area contributed by atoms with Gasteiger partial charge in [0.1, 0.15) is 17.1 Å². The van der Waals surface area contributed by atoms with Crippen molar-refractivity contribution in [3.05, 3.63) is 101 Å². The largest absolute Gasteiger partial charge is 0.494 e. The molecular formula is C31H35NO3. The van der Waals surface area contributed by atoms with Crippen LogP contribution in [0.3, 0.4) is 0 Å². The molecule has 3 aromatic carbocycles. The average Bonchev–Trinajstić information content (AvgIpc) is 3.26. The molecule has 0 radical (unpaired) electrons. The summed E-state index contributed by atoms with van der Waals surface area (Å²) in [4.78, 5) is 16.1. The summed E-state index contributed by atoms with van der Waals surface area (Å²) < 4.78 is 12.1. The molecule has 4 nitrogen and oxygen atoms in total. The van der Waals surface area contributed by atoms with Gasteiger partial charge >= 0.3 is 0 Å². The first kappa shape index (κ1) is 24.7. The van der Waals surface area contributed by atoms with Gasteiger partial charge in [-0.3, -0.25) is 4.79 Å². The molecule has 0 atom stereocenters. The van der Waals surface area contributed by atoms with Gasteiger partial charge in [-0.1, -0.05) is 57.2 Å². The van der Waals surface area contributed by atoms with Crippen molar-refractivity contribution >= 4 is 16.8 Å². The number of hydrogen-bond acceptors (Lipinski definition) is 4. The van der Waals surface area contributed by atoms with Gasteiger partial charge < -0.3 is 14.1 Å². The highest BCUT2D eigenvalue weighted by molar-refractivity contribution is 6.17. The first-order chi connectivity index (χ1) is 17.1. The summed E-state index contributed by atoms with van der Waals surface area (Å²) in [5.74, 6) is 1.48. The van der Waals surface area contributed by atoms with Crippen molar-refractivity contribution in [3.8, 4) is 5.75 Å². The van der Waals surface area contributed by atoms with E-state index in [9.17, 15) is 4.79 Å². The summed E-state index contributed by atoms with van der Waals surface area (Å²) in [7, 11) is 0. The third-order valence-electron chi connectivity index (χ3n) is 6.57. The van der Waals surface area contributed by atoms with E-state index in [0.29, 0.717) is 29.9 Å². The number of ketones is 1. The highest BCUT2D eigenvalue weighted by Crippen LogP contribution is 2.31. The number of ether oxygens (including phenoxy) is 1. The van der Waals surface area contributed by atoms with Crippen LogP contribution in [-0.2, 0) is 12.8 Å². The van der Waals surface area contributed by atoms with Crippen molar-refractivity contribution in [2.24, 2.45) is 0 Å². The summed E-state index contributed by atoms with van der Waals surface area (Å²) in [5.41, 5.74) is 4.35. The molecule has 1 heterocycles. The second kappa shape index (κ2) is 11.9. The van der Waals surface area contributed by atoms with Crippen molar-refractivity contribution in [3.63, 3.8) is 0 Å². The Morgan fingerprint density at radius 1 is 0.886 bits per heavy atom. The number of fused-ring (bicyclic) bond motifs is 1. The average molecular weight is 470 g/mol. The molecule has 0 N–H and O–H groups in total. The van der Waals surface area contributed by atoms with Crippen molar-refractivity contribution in [2.45, 2.75) is 40.0 Å². The van der Waals surface area contributed by atoms with E-state index >= 15 is 0 Å². The SMILES string of the molecule is CCc1ccc2oc(Cc3ccccc3)c(C(=O)c3ccc(OCCCN(CC)CC)cc3)c2c1. The highest BCUT2D eigenvalue weighted by atomic mass is 16.5. The van der Waals surface area contributed by atoms with E-state index in [-0.39, 0.29) is 5.78 Å². The number of benzene rings is 3. The molecule has 0 amide bonds. The molecule has 0 aliphatic rings. The summed E-state index contributed by atoms with van der Waals surface area (Å²) >= 11 is 0. The Labute approximate surface area is 208 Å². The molecular weight excluding hydrogens is 434 g/mol. The second-order valence-corrected chi connectivity index (χ2v) is 8.83. The van der Waals surface area contributed by atoms with E-state index in [1.54, 1.807) is 0 Å². The van der Waals surface area contributed by atoms with Crippen LogP contribution in [0.15, 0.2) is 77.2 Å². The van der Waals surface area contributed by atoms with Crippen molar-refractivity contribution < 1.29 is 13.9 Å². The van der Waals surface area contributed by atoms with Gasteiger partial charge in [-0.25, -0.2) is 0 Å². The molecule has 0 spiro atoms. The van der Waals surface area contributed by atoms with Crippen LogP contribution in [0.5, 0.6) is 5.75 Å². The van der Waals surface area contributed by atoms with E-state index in [1.807, 2.05) is 48.5 Å². The quantitative estimate of drug-likeness (QED) is 0.167. The number of carbonyl (C=O) groups excluding carboxylic acids is 1. The number of hydrogen-bond donors (Lipinski definition) is 0. The molecule has 4 heteroatoms. The molecule has 35 heavy (non-hydrogen) atoms. The maximum absolute atomic E-state index is 13.7. The van der Waals surface area contributed by atoms with Crippen LogP contribution >= 0.6 is 0 Å². The molecule has 4 rings (SSSR count). The minimum Gasteiger partial charge on any atom is -0.494 e. The van der Waals surface area contributed by atoms with Crippen LogP contribution in [0.25, 0.3) is 11.0 Å². The Morgan fingerprint density at radius 3 is 2.31 bits per heavy atom. The van der Waals surface area contributed by atoms with Crippen LogP contribution in [0, 0.1) is 0 Å². The number of rotatable bonds is 12. The van der Waals surface area contributed by atoms with E-state index in [2.05, 4.69) is 49.9 Å². The zero-order valence-electron chi connectivity index (χ0n) is 21.0. The molecule has 0 aliphatic carbocycles.